The monoisotopic (exact) mass is 251 g/mol. The van der Waals surface area contributed by atoms with Crippen molar-refractivity contribution in [3.63, 3.8) is 0 Å². The summed E-state index contributed by atoms with van der Waals surface area (Å²) in [5.74, 6) is 0.907. The van der Waals surface area contributed by atoms with Crippen LogP contribution >= 0.6 is 0 Å². The van der Waals surface area contributed by atoms with Crippen molar-refractivity contribution < 1.29 is 0 Å². The summed E-state index contributed by atoms with van der Waals surface area (Å²) in [6.07, 6.45) is 8.39. The summed E-state index contributed by atoms with van der Waals surface area (Å²) < 4.78 is 0. The molecule has 3 fully saturated rings. The first-order valence-electron chi connectivity index (χ1n) is 8.02. The molecule has 2 heterocycles. The summed E-state index contributed by atoms with van der Waals surface area (Å²) in [5.41, 5.74) is 0. The van der Waals surface area contributed by atoms with E-state index in [4.69, 9.17) is 0 Å². The van der Waals surface area contributed by atoms with Gasteiger partial charge in [-0.3, -0.25) is 0 Å². The second-order valence-corrected chi connectivity index (χ2v) is 6.72. The maximum atomic E-state index is 3.76. The molecule has 0 bridgehead atoms. The van der Waals surface area contributed by atoms with Crippen LogP contribution in [0.1, 0.15) is 45.4 Å². The van der Waals surface area contributed by atoms with E-state index >= 15 is 0 Å². The summed E-state index contributed by atoms with van der Waals surface area (Å²) in [4.78, 5) is 2.72. The quantitative estimate of drug-likeness (QED) is 0.751. The Kier molecular flexibility index (Phi) is 4.22. The topological polar surface area (TPSA) is 27.3 Å². The molecule has 2 aliphatic heterocycles. The minimum Gasteiger partial charge on any atom is -0.314 e. The van der Waals surface area contributed by atoms with Crippen molar-refractivity contribution in [2.45, 2.75) is 63.6 Å². The van der Waals surface area contributed by atoms with Gasteiger partial charge in [0.15, 0.2) is 0 Å². The third kappa shape index (κ3) is 3.46. The van der Waals surface area contributed by atoms with Crippen LogP contribution in [-0.2, 0) is 0 Å². The highest BCUT2D eigenvalue weighted by atomic mass is 15.2. The Labute approximate surface area is 112 Å². The van der Waals surface area contributed by atoms with Gasteiger partial charge in [0.25, 0.3) is 0 Å². The predicted molar refractivity (Wildman–Crippen MR) is 75.8 cm³/mol. The van der Waals surface area contributed by atoms with Gasteiger partial charge >= 0.3 is 0 Å². The molecular weight excluding hydrogens is 222 g/mol. The van der Waals surface area contributed by atoms with Crippen molar-refractivity contribution in [3.8, 4) is 0 Å². The van der Waals surface area contributed by atoms with Gasteiger partial charge in [-0.25, -0.2) is 0 Å². The highest BCUT2D eigenvalue weighted by Gasteiger charge is 2.34. The lowest BCUT2D eigenvalue weighted by molar-refractivity contribution is 0.308. The van der Waals surface area contributed by atoms with E-state index in [0.29, 0.717) is 6.04 Å². The Balaban J connectivity index is 1.31. The van der Waals surface area contributed by atoms with Gasteiger partial charge in [-0.15, -0.1) is 0 Å². The lowest BCUT2D eigenvalue weighted by Crippen LogP contribution is -2.37. The molecule has 3 heteroatoms. The first-order valence-corrected chi connectivity index (χ1v) is 8.02. The van der Waals surface area contributed by atoms with Crippen molar-refractivity contribution in [1.82, 2.24) is 15.5 Å². The van der Waals surface area contributed by atoms with E-state index in [9.17, 15) is 0 Å². The predicted octanol–water partition coefficient (Wildman–Crippen LogP) is 1.59. The van der Waals surface area contributed by atoms with Gasteiger partial charge in [0.05, 0.1) is 0 Å². The molecule has 0 aromatic carbocycles. The number of hydrogen-bond acceptors (Lipinski definition) is 3. The minimum atomic E-state index is 0.676. The molecule has 0 spiro atoms. The third-order valence-corrected chi connectivity index (χ3v) is 4.94. The van der Waals surface area contributed by atoms with E-state index in [1.165, 1.54) is 64.7 Å². The SMILES string of the molecule is CC(CC1CCCN1)NCC1CCN(C2CC2)C1. The zero-order valence-electron chi connectivity index (χ0n) is 11.8. The number of rotatable bonds is 6. The van der Waals surface area contributed by atoms with Gasteiger partial charge < -0.3 is 15.5 Å². The third-order valence-electron chi connectivity index (χ3n) is 4.94. The molecule has 0 aromatic heterocycles. The number of hydrogen-bond donors (Lipinski definition) is 2. The fraction of sp³-hybridized carbons (Fsp3) is 1.00. The fourth-order valence-electron chi connectivity index (χ4n) is 3.64. The van der Waals surface area contributed by atoms with Crippen LogP contribution in [0.2, 0.25) is 0 Å². The van der Waals surface area contributed by atoms with Crippen molar-refractivity contribution in [2.75, 3.05) is 26.2 Å². The summed E-state index contributed by atoms with van der Waals surface area (Å²) >= 11 is 0. The molecule has 0 amide bonds. The Hall–Kier alpha value is -0.120. The first-order chi connectivity index (χ1) is 8.81. The fourth-order valence-corrected chi connectivity index (χ4v) is 3.64. The molecule has 0 aromatic rings. The second kappa shape index (κ2) is 5.89. The van der Waals surface area contributed by atoms with Crippen molar-refractivity contribution in [2.24, 2.45) is 5.92 Å². The van der Waals surface area contributed by atoms with Crippen LogP contribution in [-0.4, -0.2) is 49.2 Å². The van der Waals surface area contributed by atoms with Crippen molar-refractivity contribution in [3.05, 3.63) is 0 Å². The van der Waals surface area contributed by atoms with Gasteiger partial charge in [-0.05, 0) is 71.0 Å². The summed E-state index contributed by atoms with van der Waals surface area (Å²) in [7, 11) is 0. The van der Waals surface area contributed by atoms with Gasteiger partial charge in [0, 0.05) is 24.7 Å². The second-order valence-electron chi connectivity index (χ2n) is 6.72. The maximum absolute atomic E-state index is 3.76. The molecular formula is C15H29N3. The van der Waals surface area contributed by atoms with Crippen molar-refractivity contribution in [1.29, 1.82) is 0 Å². The van der Waals surface area contributed by atoms with Crippen LogP contribution in [0.5, 0.6) is 0 Å². The highest BCUT2D eigenvalue weighted by molar-refractivity contribution is 4.90. The van der Waals surface area contributed by atoms with Gasteiger partial charge in [0.1, 0.15) is 0 Å². The molecule has 3 aliphatic rings. The molecule has 3 atom stereocenters. The molecule has 3 unspecified atom stereocenters. The lowest BCUT2D eigenvalue weighted by Gasteiger charge is -2.21. The largest absolute Gasteiger partial charge is 0.314 e. The molecule has 3 rings (SSSR count). The number of nitrogens with one attached hydrogen (secondary N) is 2. The van der Waals surface area contributed by atoms with Crippen LogP contribution in [0.25, 0.3) is 0 Å². The van der Waals surface area contributed by atoms with E-state index in [0.717, 1.165) is 18.0 Å². The van der Waals surface area contributed by atoms with E-state index in [1.54, 1.807) is 0 Å². The Morgan fingerprint density at radius 1 is 1.28 bits per heavy atom. The average molecular weight is 251 g/mol. The standard InChI is InChI=1S/C15H29N3/c1-12(9-14-3-2-7-16-14)17-10-13-6-8-18(11-13)15-4-5-15/h12-17H,2-11H2,1H3. The van der Waals surface area contributed by atoms with Crippen LogP contribution in [0.15, 0.2) is 0 Å². The average Bonchev–Trinajstić information content (AvgIpc) is 2.90. The van der Waals surface area contributed by atoms with Crippen LogP contribution in [0.3, 0.4) is 0 Å². The Morgan fingerprint density at radius 3 is 2.89 bits per heavy atom. The van der Waals surface area contributed by atoms with E-state index < -0.39 is 0 Å². The summed E-state index contributed by atoms with van der Waals surface area (Å²) in [5, 5.41) is 7.36. The molecule has 2 N–H and O–H groups in total. The highest BCUT2D eigenvalue weighted by Crippen LogP contribution is 2.31. The molecule has 1 saturated carbocycles. The number of likely N-dealkylation sites (tertiary alicyclic amines) is 1. The van der Waals surface area contributed by atoms with E-state index in [1.807, 2.05) is 0 Å². The van der Waals surface area contributed by atoms with Crippen LogP contribution < -0.4 is 10.6 Å². The molecule has 3 nitrogen and oxygen atoms in total. The van der Waals surface area contributed by atoms with Crippen LogP contribution in [0.4, 0.5) is 0 Å². The molecule has 1 aliphatic carbocycles. The summed E-state index contributed by atoms with van der Waals surface area (Å²) in [6, 6.07) is 2.42. The molecule has 2 saturated heterocycles. The number of nitrogens with zero attached hydrogens (tertiary/aromatic N) is 1. The summed E-state index contributed by atoms with van der Waals surface area (Å²) in [6.45, 7) is 7.53. The van der Waals surface area contributed by atoms with Gasteiger partial charge in [0.2, 0.25) is 0 Å². The molecule has 104 valence electrons. The Bertz CT molecular complexity index is 258. The zero-order chi connectivity index (χ0) is 12.4. The zero-order valence-corrected chi connectivity index (χ0v) is 11.8. The van der Waals surface area contributed by atoms with Crippen LogP contribution in [0, 0.1) is 5.92 Å². The van der Waals surface area contributed by atoms with Crippen molar-refractivity contribution >= 4 is 0 Å². The van der Waals surface area contributed by atoms with Gasteiger partial charge in [-0.2, -0.15) is 0 Å². The first kappa shape index (κ1) is 12.9. The molecule has 18 heavy (non-hydrogen) atoms. The Morgan fingerprint density at radius 2 is 2.17 bits per heavy atom. The van der Waals surface area contributed by atoms with E-state index in [-0.39, 0.29) is 0 Å². The maximum Gasteiger partial charge on any atom is 0.00965 e. The van der Waals surface area contributed by atoms with Gasteiger partial charge in [-0.1, -0.05) is 0 Å². The smallest absolute Gasteiger partial charge is 0.00965 e. The van der Waals surface area contributed by atoms with E-state index in [2.05, 4.69) is 22.5 Å². The molecule has 0 radical (unpaired) electrons. The normalized spacial score (nSPS) is 35.2. The minimum absolute atomic E-state index is 0.676. The lowest BCUT2D eigenvalue weighted by atomic mass is 10.1.